The summed E-state index contributed by atoms with van der Waals surface area (Å²) in [6, 6.07) is 8.44. The van der Waals surface area contributed by atoms with Crippen LogP contribution < -0.4 is 0 Å². The minimum atomic E-state index is 1.07. The third-order valence-corrected chi connectivity index (χ3v) is 3.53. The molecule has 0 radical (unpaired) electrons. The van der Waals surface area contributed by atoms with Crippen molar-refractivity contribution in [3.63, 3.8) is 0 Å². The SMILES string of the molecule is CCCc1nc2ccccc2n1CCCCBr. The summed E-state index contributed by atoms with van der Waals surface area (Å²) < 4.78 is 2.39. The maximum Gasteiger partial charge on any atom is 0.109 e. The first-order chi connectivity index (χ1) is 8.36. The van der Waals surface area contributed by atoms with Gasteiger partial charge in [-0.1, -0.05) is 35.0 Å². The normalized spacial score (nSPS) is 11.2. The van der Waals surface area contributed by atoms with Gasteiger partial charge in [0.25, 0.3) is 0 Å². The molecule has 0 N–H and O–H groups in total. The van der Waals surface area contributed by atoms with Crippen LogP contribution in [0.3, 0.4) is 0 Å². The highest BCUT2D eigenvalue weighted by molar-refractivity contribution is 9.09. The Bertz CT molecular complexity index is 476. The molecule has 17 heavy (non-hydrogen) atoms. The van der Waals surface area contributed by atoms with Crippen LogP contribution in [0.15, 0.2) is 24.3 Å². The maximum absolute atomic E-state index is 4.73. The highest BCUT2D eigenvalue weighted by Gasteiger charge is 2.08. The molecule has 2 rings (SSSR count). The molecule has 0 fully saturated rings. The Labute approximate surface area is 111 Å². The number of unbranched alkanes of at least 4 members (excludes halogenated alkanes) is 1. The van der Waals surface area contributed by atoms with E-state index in [0.29, 0.717) is 0 Å². The fourth-order valence-corrected chi connectivity index (χ4v) is 2.55. The van der Waals surface area contributed by atoms with Crippen molar-refractivity contribution in [2.24, 2.45) is 0 Å². The number of nitrogens with zero attached hydrogens (tertiary/aromatic N) is 2. The lowest BCUT2D eigenvalue weighted by Gasteiger charge is -2.07. The second-order valence-electron chi connectivity index (χ2n) is 4.31. The molecule has 0 spiro atoms. The lowest BCUT2D eigenvalue weighted by atomic mass is 10.3. The molecule has 1 aromatic heterocycles. The van der Waals surface area contributed by atoms with Gasteiger partial charge in [-0.15, -0.1) is 0 Å². The van der Waals surface area contributed by atoms with Crippen molar-refractivity contribution in [3.8, 4) is 0 Å². The highest BCUT2D eigenvalue weighted by Crippen LogP contribution is 2.18. The van der Waals surface area contributed by atoms with Crippen LogP contribution in [0.5, 0.6) is 0 Å². The lowest BCUT2D eigenvalue weighted by Crippen LogP contribution is -2.04. The summed E-state index contributed by atoms with van der Waals surface area (Å²) in [5.74, 6) is 1.24. The van der Waals surface area contributed by atoms with E-state index in [1.165, 1.54) is 24.2 Å². The number of rotatable bonds is 6. The molecule has 0 atom stereocenters. The molecule has 3 heteroatoms. The van der Waals surface area contributed by atoms with Crippen LogP contribution in [0.1, 0.15) is 32.0 Å². The Morgan fingerprint density at radius 2 is 2.06 bits per heavy atom. The van der Waals surface area contributed by atoms with Gasteiger partial charge in [0, 0.05) is 18.3 Å². The highest BCUT2D eigenvalue weighted by atomic mass is 79.9. The molecule has 1 heterocycles. The largest absolute Gasteiger partial charge is 0.328 e. The third-order valence-electron chi connectivity index (χ3n) is 2.97. The molecule has 2 aromatic rings. The number of benzene rings is 1. The van der Waals surface area contributed by atoms with Gasteiger partial charge in [-0.3, -0.25) is 0 Å². The van der Waals surface area contributed by atoms with Crippen LogP contribution in [0.4, 0.5) is 0 Å². The second kappa shape index (κ2) is 6.20. The molecule has 0 saturated heterocycles. The van der Waals surface area contributed by atoms with Crippen LogP contribution in [0.25, 0.3) is 11.0 Å². The smallest absolute Gasteiger partial charge is 0.109 e. The molecule has 1 aromatic carbocycles. The minimum Gasteiger partial charge on any atom is -0.328 e. The van der Waals surface area contributed by atoms with E-state index in [2.05, 4.69) is 51.7 Å². The predicted molar refractivity (Wildman–Crippen MR) is 76.8 cm³/mol. The van der Waals surface area contributed by atoms with E-state index >= 15 is 0 Å². The van der Waals surface area contributed by atoms with Crippen molar-refractivity contribution < 1.29 is 0 Å². The fourth-order valence-electron chi connectivity index (χ4n) is 2.15. The average Bonchev–Trinajstić information content (AvgIpc) is 2.69. The number of hydrogen-bond acceptors (Lipinski definition) is 1. The zero-order valence-corrected chi connectivity index (χ0v) is 11.9. The second-order valence-corrected chi connectivity index (χ2v) is 5.11. The van der Waals surface area contributed by atoms with Crippen molar-refractivity contribution in [1.82, 2.24) is 9.55 Å². The summed E-state index contributed by atoms with van der Waals surface area (Å²) >= 11 is 3.49. The van der Waals surface area contributed by atoms with Crippen molar-refractivity contribution in [2.75, 3.05) is 5.33 Å². The molecule has 0 aliphatic rings. The number of aryl methyl sites for hydroxylation is 2. The number of fused-ring (bicyclic) bond motifs is 1. The Hall–Kier alpha value is -0.830. The standard InChI is InChI=1S/C14H19BrN2/c1-2-7-14-16-12-8-3-4-9-13(12)17(14)11-6-5-10-15/h3-4,8-9H,2,5-7,10-11H2,1H3. The first-order valence-corrected chi connectivity index (χ1v) is 7.49. The van der Waals surface area contributed by atoms with Crippen molar-refractivity contribution in [2.45, 2.75) is 39.2 Å². The molecular weight excluding hydrogens is 276 g/mol. The quantitative estimate of drug-likeness (QED) is 0.578. The van der Waals surface area contributed by atoms with Gasteiger partial charge in [0.1, 0.15) is 5.82 Å². The first kappa shape index (κ1) is 12.6. The van der Waals surface area contributed by atoms with Gasteiger partial charge in [0.05, 0.1) is 11.0 Å². The molecule has 0 unspecified atom stereocenters. The minimum absolute atomic E-state index is 1.07. The number of para-hydroxylation sites is 2. The van der Waals surface area contributed by atoms with E-state index in [4.69, 9.17) is 4.98 Å². The van der Waals surface area contributed by atoms with Crippen LogP contribution >= 0.6 is 15.9 Å². The molecule has 0 aliphatic carbocycles. The Balaban J connectivity index is 2.30. The summed E-state index contributed by atoms with van der Waals surface area (Å²) in [6.07, 6.45) is 4.66. The molecular formula is C14H19BrN2. The molecule has 2 nitrogen and oxygen atoms in total. The van der Waals surface area contributed by atoms with E-state index in [-0.39, 0.29) is 0 Å². The van der Waals surface area contributed by atoms with Crippen molar-refractivity contribution in [3.05, 3.63) is 30.1 Å². The zero-order chi connectivity index (χ0) is 12.1. The van der Waals surface area contributed by atoms with Crippen LogP contribution in [-0.4, -0.2) is 14.9 Å². The summed E-state index contributed by atoms with van der Waals surface area (Å²) in [4.78, 5) is 4.73. The molecule has 92 valence electrons. The van der Waals surface area contributed by atoms with Gasteiger partial charge in [-0.05, 0) is 31.4 Å². The van der Waals surface area contributed by atoms with Crippen molar-refractivity contribution >= 4 is 27.0 Å². The van der Waals surface area contributed by atoms with E-state index in [1.54, 1.807) is 0 Å². The summed E-state index contributed by atoms with van der Waals surface area (Å²) in [5, 5.41) is 1.09. The predicted octanol–water partition coefficient (Wildman–Crippen LogP) is 4.16. The zero-order valence-electron chi connectivity index (χ0n) is 10.3. The first-order valence-electron chi connectivity index (χ1n) is 6.37. The third kappa shape index (κ3) is 2.89. The summed E-state index contributed by atoms with van der Waals surface area (Å²) in [7, 11) is 0. The Morgan fingerprint density at radius 3 is 2.82 bits per heavy atom. The van der Waals surface area contributed by atoms with Gasteiger partial charge >= 0.3 is 0 Å². The van der Waals surface area contributed by atoms with Crippen LogP contribution in [-0.2, 0) is 13.0 Å². The number of halogens is 1. The molecule has 0 saturated carbocycles. The Kier molecular flexibility index (Phi) is 4.60. The van der Waals surface area contributed by atoms with Gasteiger partial charge in [0.15, 0.2) is 0 Å². The van der Waals surface area contributed by atoms with Crippen LogP contribution in [0.2, 0.25) is 0 Å². The van der Waals surface area contributed by atoms with E-state index in [0.717, 1.165) is 30.2 Å². The van der Waals surface area contributed by atoms with Gasteiger partial charge in [-0.25, -0.2) is 4.98 Å². The molecule has 0 amide bonds. The number of alkyl halides is 1. The van der Waals surface area contributed by atoms with Crippen molar-refractivity contribution in [1.29, 1.82) is 0 Å². The van der Waals surface area contributed by atoms with Crippen LogP contribution in [0, 0.1) is 0 Å². The lowest BCUT2D eigenvalue weighted by molar-refractivity contribution is 0.614. The monoisotopic (exact) mass is 294 g/mol. The van der Waals surface area contributed by atoms with Gasteiger partial charge < -0.3 is 4.57 Å². The summed E-state index contributed by atoms with van der Waals surface area (Å²) in [5.41, 5.74) is 2.42. The van der Waals surface area contributed by atoms with Gasteiger partial charge in [-0.2, -0.15) is 0 Å². The van der Waals surface area contributed by atoms with E-state index in [9.17, 15) is 0 Å². The number of imidazole rings is 1. The molecule has 0 bridgehead atoms. The van der Waals surface area contributed by atoms with E-state index in [1.807, 2.05) is 0 Å². The maximum atomic E-state index is 4.73. The topological polar surface area (TPSA) is 17.8 Å². The van der Waals surface area contributed by atoms with E-state index < -0.39 is 0 Å². The van der Waals surface area contributed by atoms with Gasteiger partial charge in [0.2, 0.25) is 0 Å². The Morgan fingerprint density at radius 1 is 1.24 bits per heavy atom. The average molecular weight is 295 g/mol. The fraction of sp³-hybridized carbons (Fsp3) is 0.500. The number of aromatic nitrogens is 2. The molecule has 0 aliphatic heterocycles. The summed E-state index contributed by atoms with van der Waals surface area (Å²) in [6.45, 7) is 3.30. The number of hydrogen-bond donors (Lipinski definition) is 0.